The summed E-state index contributed by atoms with van der Waals surface area (Å²) in [5, 5.41) is 11.7. The van der Waals surface area contributed by atoms with Crippen LogP contribution in [-0.2, 0) is 4.79 Å². The molecule has 0 saturated carbocycles. The molecule has 0 saturated heterocycles. The number of amides is 2. The zero-order valence-corrected chi connectivity index (χ0v) is 15.3. The van der Waals surface area contributed by atoms with E-state index >= 15 is 0 Å². The van der Waals surface area contributed by atoms with E-state index in [1.165, 1.54) is 4.90 Å². The van der Waals surface area contributed by atoms with Crippen LogP contribution in [0.25, 0.3) is 0 Å². The number of benzene rings is 1. The Kier molecular flexibility index (Phi) is 6.67. The Labute approximate surface area is 141 Å². The van der Waals surface area contributed by atoms with Crippen LogP contribution in [0.2, 0.25) is 0 Å². The summed E-state index contributed by atoms with van der Waals surface area (Å²) < 4.78 is 1.48. The number of carbonyl (C=O) groups is 2. The zero-order valence-electron chi connectivity index (χ0n) is 12.1. The third kappa shape index (κ3) is 5.00. The molecular formula is C14H18Br2N2O3. The maximum atomic E-state index is 12.3. The Morgan fingerprint density at radius 3 is 2.29 bits per heavy atom. The van der Waals surface area contributed by atoms with Gasteiger partial charge in [0.1, 0.15) is 6.54 Å². The van der Waals surface area contributed by atoms with Crippen LogP contribution in [-0.4, -0.2) is 34.6 Å². The number of carboxylic acids is 1. The van der Waals surface area contributed by atoms with Crippen LogP contribution in [0.3, 0.4) is 0 Å². The molecule has 0 radical (unpaired) electrons. The summed E-state index contributed by atoms with van der Waals surface area (Å²) in [7, 11) is 0. The summed E-state index contributed by atoms with van der Waals surface area (Å²) in [5.74, 6) is -1.03. The summed E-state index contributed by atoms with van der Waals surface area (Å²) >= 11 is 6.80. The van der Waals surface area contributed by atoms with E-state index in [1.807, 2.05) is 32.9 Å². The summed E-state index contributed by atoms with van der Waals surface area (Å²) in [5.41, 5.74) is 1.63. The highest BCUT2D eigenvalue weighted by molar-refractivity contribution is 9.11. The summed E-state index contributed by atoms with van der Waals surface area (Å²) in [6.07, 6.45) is 0.678. The third-order valence-electron chi connectivity index (χ3n) is 3.11. The average molecular weight is 422 g/mol. The summed E-state index contributed by atoms with van der Waals surface area (Å²) in [6.45, 7) is 5.34. The lowest BCUT2D eigenvalue weighted by Gasteiger charge is -2.27. The van der Waals surface area contributed by atoms with Crippen LogP contribution in [0.5, 0.6) is 0 Å². The van der Waals surface area contributed by atoms with Crippen LogP contribution in [0.1, 0.15) is 25.8 Å². The predicted molar refractivity (Wildman–Crippen MR) is 89.7 cm³/mol. The normalized spacial score (nSPS) is 11.9. The van der Waals surface area contributed by atoms with E-state index in [0.29, 0.717) is 12.1 Å². The van der Waals surface area contributed by atoms with Crippen molar-refractivity contribution in [1.29, 1.82) is 0 Å². The molecule has 1 atom stereocenters. The number of anilines is 1. The van der Waals surface area contributed by atoms with Crippen LogP contribution in [0.15, 0.2) is 21.1 Å². The van der Waals surface area contributed by atoms with Crippen molar-refractivity contribution in [2.45, 2.75) is 33.2 Å². The number of hydrogen-bond acceptors (Lipinski definition) is 2. The first-order chi connectivity index (χ1) is 9.76. The molecule has 5 nitrogen and oxygen atoms in total. The molecule has 0 aliphatic rings. The highest BCUT2D eigenvalue weighted by Crippen LogP contribution is 2.32. The van der Waals surface area contributed by atoms with E-state index in [2.05, 4.69) is 37.2 Å². The number of nitrogens with one attached hydrogen (secondary N) is 1. The SMILES string of the molecule is CCC(C)N(CC(=O)O)C(=O)Nc1c(Br)cc(C)cc1Br. The van der Waals surface area contributed by atoms with Crippen molar-refractivity contribution in [3.8, 4) is 0 Å². The molecule has 1 aromatic rings. The summed E-state index contributed by atoms with van der Waals surface area (Å²) in [4.78, 5) is 24.6. The van der Waals surface area contributed by atoms with Crippen molar-refractivity contribution in [1.82, 2.24) is 4.90 Å². The molecule has 116 valence electrons. The van der Waals surface area contributed by atoms with Gasteiger partial charge in [0.15, 0.2) is 0 Å². The van der Waals surface area contributed by atoms with Gasteiger partial charge >= 0.3 is 12.0 Å². The fourth-order valence-electron chi connectivity index (χ4n) is 1.79. The van der Waals surface area contributed by atoms with E-state index in [9.17, 15) is 9.59 Å². The highest BCUT2D eigenvalue weighted by Gasteiger charge is 2.23. The Morgan fingerprint density at radius 1 is 1.33 bits per heavy atom. The van der Waals surface area contributed by atoms with Crippen LogP contribution in [0.4, 0.5) is 10.5 Å². The topological polar surface area (TPSA) is 69.6 Å². The molecule has 0 aliphatic carbocycles. The number of aryl methyl sites for hydroxylation is 1. The van der Waals surface area contributed by atoms with Gasteiger partial charge in [-0.2, -0.15) is 0 Å². The molecule has 2 amide bonds. The van der Waals surface area contributed by atoms with E-state index in [0.717, 1.165) is 14.5 Å². The number of carbonyl (C=O) groups excluding carboxylic acids is 1. The number of halogens is 2. The Hall–Kier alpha value is -1.08. The first-order valence-electron chi connectivity index (χ1n) is 6.51. The number of aliphatic carboxylic acids is 1. The second-order valence-electron chi connectivity index (χ2n) is 4.81. The molecule has 7 heteroatoms. The number of nitrogens with zero attached hydrogens (tertiary/aromatic N) is 1. The van der Waals surface area contributed by atoms with E-state index in [1.54, 1.807) is 0 Å². The summed E-state index contributed by atoms with van der Waals surface area (Å²) in [6, 6.07) is 3.16. The van der Waals surface area contributed by atoms with Crippen molar-refractivity contribution < 1.29 is 14.7 Å². The molecule has 21 heavy (non-hydrogen) atoms. The molecule has 1 rings (SSSR count). The maximum absolute atomic E-state index is 12.3. The standard InChI is InChI=1S/C14H18Br2N2O3/c1-4-9(3)18(7-12(19)20)14(21)17-13-10(15)5-8(2)6-11(13)16/h5-6,9H,4,7H2,1-3H3,(H,17,21)(H,19,20). The molecule has 0 bridgehead atoms. The van der Waals surface area contributed by atoms with E-state index in [4.69, 9.17) is 5.11 Å². The van der Waals surface area contributed by atoms with Crippen molar-refractivity contribution in [3.63, 3.8) is 0 Å². The van der Waals surface area contributed by atoms with Crippen molar-refractivity contribution in [3.05, 3.63) is 26.6 Å². The highest BCUT2D eigenvalue weighted by atomic mass is 79.9. The van der Waals surface area contributed by atoms with Gasteiger partial charge in [0.2, 0.25) is 0 Å². The second kappa shape index (κ2) is 7.79. The average Bonchev–Trinajstić information content (AvgIpc) is 2.38. The largest absolute Gasteiger partial charge is 0.480 e. The molecule has 0 spiro atoms. The molecule has 0 aliphatic heterocycles. The second-order valence-corrected chi connectivity index (χ2v) is 6.52. The number of hydrogen-bond donors (Lipinski definition) is 2. The molecule has 1 aromatic carbocycles. The first kappa shape index (κ1) is 18.0. The minimum Gasteiger partial charge on any atom is -0.480 e. The minimum absolute atomic E-state index is 0.163. The fourth-order valence-corrected chi connectivity index (χ4v) is 3.41. The van der Waals surface area contributed by atoms with Gasteiger partial charge in [-0.05, 0) is 69.8 Å². The lowest BCUT2D eigenvalue weighted by Crippen LogP contribution is -2.44. The Balaban J connectivity index is 2.99. The number of rotatable bonds is 5. The van der Waals surface area contributed by atoms with Gasteiger partial charge < -0.3 is 15.3 Å². The Bertz CT molecular complexity index is 526. The van der Waals surface area contributed by atoms with Crippen LogP contribution < -0.4 is 5.32 Å². The first-order valence-corrected chi connectivity index (χ1v) is 8.09. The van der Waals surface area contributed by atoms with Crippen molar-refractivity contribution >= 4 is 49.5 Å². The lowest BCUT2D eigenvalue weighted by atomic mass is 10.2. The maximum Gasteiger partial charge on any atom is 0.323 e. The fraction of sp³-hybridized carbons (Fsp3) is 0.429. The van der Waals surface area contributed by atoms with Crippen molar-refractivity contribution in [2.75, 3.05) is 11.9 Å². The van der Waals surface area contributed by atoms with Crippen LogP contribution >= 0.6 is 31.9 Å². The van der Waals surface area contributed by atoms with E-state index < -0.39 is 12.0 Å². The van der Waals surface area contributed by atoms with Gasteiger partial charge in [-0.15, -0.1) is 0 Å². The van der Waals surface area contributed by atoms with Gasteiger partial charge in [-0.1, -0.05) is 6.92 Å². The quantitative estimate of drug-likeness (QED) is 0.746. The number of carboxylic acid groups (broad SMARTS) is 1. The van der Waals surface area contributed by atoms with Gasteiger partial charge in [0.05, 0.1) is 5.69 Å². The third-order valence-corrected chi connectivity index (χ3v) is 4.36. The molecule has 1 unspecified atom stereocenters. The Morgan fingerprint density at radius 2 is 1.86 bits per heavy atom. The minimum atomic E-state index is -1.03. The molecule has 2 N–H and O–H groups in total. The van der Waals surface area contributed by atoms with Crippen molar-refractivity contribution in [2.24, 2.45) is 0 Å². The van der Waals surface area contributed by atoms with Gasteiger partial charge in [-0.3, -0.25) is 4.79 Å². The zero-order chi connectivity index (χ0) is 16.2. The van der Waals surface area contributed by atoms with E-state index in [-0.39, 0.29) is 12.6 Å². The van der Waals surface area contributed by atoms with Gasteiger partial charge in [0.25, 0.3) is 0 Å². The smallest absolute Gasteiger partial charge is 0.323 e. The molecule has 0 aromatic heterocycles. The van der Waals surface area contributed by atoms with Crippen LogP contribution in [0, 0.1) is 6.92 Å². The molecule has 0 fully saturated rings. The molecular weight excluding hydrogens is 404 g/mol. The number of urea groups is 1. The monoisotopic (exact) mass is 420 g/mol. The van der Waals surface area contributed by atoms with Gasteiger partial charge in [0, 0.05) is 15.0 Å². The lowest BCUT2D eigenvalue weighted by molar-refractivity contribution is -0.138. The predicted octanol–water partition coefficient (Wildman–Crippen LogP) is 4.24. The van der Waals surface area contributed by atoms with Gasteiger partial charge in [-0.25, -0.2) is 4.79 Å². The molecule has 0 heterocycles.